The van der Waals surface area contributed by atoms with Crippen LogP contribution in [0.4, 0.5) is 13.2 Å². The summed E-state index contributed by atoms with van der Waals surface area (Å²) >= 11 is 0.477. The maximum atomic E-state index is 12.5. The van der Waals surface area contributed by atoms with Crippen molar-refractivity contribution < 1.29 is 13.2 Å². The number of halogens is 3. The standard InChI is InChI=1S/C11H10F3N3OS/c1-2-3-8-16-6(4-9(18)17-8)7-5-15-10(19-7)11(12,13)14/h4-5H,2-3H2,1H3,(H,16,17,18). The maximum Gasteiger partial charge on any atom is 0.443 e. The van der Waals surface area contributed by atoms with Gasteiger partial charge in [0.15, 0.2) is 5.01 Å². The van der Waals surface area contributed by atoms with Crippen molar-refractivity contribution in [2.45, 2.75) is 25.9 Å². The van der Waals surface area contributed by atoms with Gasteiger partial charge in [-0.05, 0) is 6.42 Å². The molecule has 0 aliphatic carbocycles. The Morgan fingerprint density at radius 1 is 1.42 bits per heavy atom. The van der Waals surface area contributed by atoms with Gasteiger partial charge in [-0.2, -0.15) is 13.2 Å². The van der Waals surface area contributed by atoms with Crippen LogP contribution >= 0.6 is 11.3 Å². The van der Waals surface area contributed by atoms with E-state index in [0.717, 1.165) is 12.6 Å². The molecule has 0 saturated carbocycles. The monoisotopic (exact) mass is 289 g/mol. The molecule has 0 saturated heterocycles. The van der Waals surface area contributed by atoms with E-state index in [1.54, 1.807) is 0 Å². The molecule has 2 rings (SSSR count). The molecule has 102 valence electrons. The SMILES string of the molecule is CCCc1nc(-c2cnc(C(F)(F)F)s2)cc(=O)[nH]1. The van der Waals surface area contributed by atoms with Crippen LogP contribution in [0.25, 0.3) is 10.6 Å². The molecule has 0 unspecified atom stereocenters. The molecule has 0 amide bonds. The van der Waals surface area contributed by atoms with Crippen LogP contribution in [0.15, 0.2) is 17.1 Å². The smallest absolute Gasteiger partial charge is 0.311 e. The zero-order valence-corrected chi connectivity index (χ0v) is 10.7. The van der Waals surface area contributed by atoms with Gasteiger partial charge in [-0.15, -0.1) is 11.3 Å². The number of aryl methyl sites for hydroxylation is 1. The molecule has 0 spiro atoms. The highest BCUT2D eigenvalue weighted by atomic mass is 32.1. The minimum absolute atomic E-state index is 0.222. The van der Waals surface area contributed by atoms with Crippen molar-refractivity contribution in [2.24, 2.45) is 0 Å². The molecular weight excluding hydrogens is 279 g/mol. The molecule has 4 nitrogen and oxygen atoms in total. The normalized spacial score (nSPS) is 11.8. The molecular formula is C11H10F3N3OS. The number of nitrogens with zero attached hydrogens (tertiary/aromatic N) is 2. The molecule has 0 radical (unpaired) electrons. The van der Waals surface area contributed by atoms with Crippen LogP contribution in [0.2, 0.25) is 0 Å². The predicted molar refractivity (Wildman–Crippen MR) is 65.0 cm³/mol. The first kappa shape index (κ1) is 13.7. The van der Waals surface area contributed by atoms with Gasteiger partial charge in [-0.3, -0.25) is 4.79 Å². The molecule has 0 aliphatic rings. The van der Waals surface area contributed by atoms with E-state index in [4.69, 9.17) is 0 Å². The summed E-state index contributed by atoms with van der Waals surface area (Å²) in [6.07, 6.45) is -2.04. The number of alkyl halides is 3. The van der Waals surface area contributed by atoms with E-state index >= 15 is 0 Å². The van der Waals surface area contributed by atoms with Gasteiger partial charge in [-0.1, -0.05) is 6.92 Å². The number of nitrogens with one attached hydrogen (secondary N) is 1. The molecule has 0 aromatic carbocycles. The van der Waals surface area contributed by atoms with Crippen molar-refractivity contribution in [1.82, 2.24) is 15.0 Å². The van der Waals surface area contributed by atoms with Gasteiger partial charge >= 0.3 is 6.18 Å². The number of aromatic nitrogens is 3. The maximum absolute atomic E-state index is 12.5. The molecule has 2 aromatic heterocycles. The zero-order chi connectivity index (χ0) is 14.0. The van der Waals surface area contributed by atoms with E-state index in [2.05, 4.69) is 15.0 Å². The summed E-state index contributed by atoms with van der Waals surface area (Å²) in [5.41, 5.74) is -0.157. The molecule has 0 fully saturated rings. The van der Waals surface area contributed by atoms with Gasteiger partial charge in [0, 0.05) is 18.7 Å². The minimum Gasteiger partial charge on any atom is -0.311 e. The lowest BCUT2D eigenvalue weighted by Crippen LogP contribution is -2.10. The van der Waals surface area contributed by atoms with Crippen molar-refractivity contribution in [3.8, 4) is 10.6 Å². The van der Waals surface area contributed by atoms with Crippen LogP contribution < -0.4 is 5.56 Å². The predicted octanol–water partition coefficient (Wildman–Crippen LogP) is 2.86. The Bertz CT molecular complexity index is 633. The average molecular weight is 289 g/mol. The van der Waals surface area contributed by atoms with Gasteiger partial charge in [0.2, 0.25) is 0 Å². The van der Waals surface area contributed by atoms with Crippen LogP contribution in [-0.2, 0) is 12.6 Å². The molecule has 1 N–H and O–H groups in total. The third kappa shape index (κ3) is 3.19. The number of hydrogen-bond donors (Lipinski definition) is 1. The van der Waals surface area contributed by atoms with E-state index in [0.29, 0.717) is 23.6 Å². The van der Waals surface area contributed by atoms with E-state index in [-0.39, 0.29) is 16.1 Å². The van der Waals surface area contributed by atoms with Crippen LogP contribution in [-0.4, -0.2) is 15.0 Å². The van der Waals surface area contributed by atoms with Gasteiger partial charge in [-0.25, -0.2) is 9.97 Å². The summed E-state index contributed by atoms with van der Waals surface area (Å²) in [6.45, 7) is 1.92. The first-order valence-electron chi connectivity index (χ1n) is 5.54. The third-order valence-corrected chi connectivity index (χ3v) is 3.34. The Morgan fingerprint density at radius 2 is 2.16 bits per heavy atom. The lowest BCUT2D eigenvalue weighted by molar-refractivity contribution is -0.137. The highest BCUT2D eigenvalue weighted by molar-refractivity contribution is 7.15. The summed E-state index contributed by atoms with van der Waals surface area (Å²) < 4.78 is 37.4. The van der Waals surface area contributed by atoms with Crippen molar-refractivity contribution in [1.29, 1.82) is 0 Å². The second-order valence-corrected chi connectivity index (χ2v) is 4.89. The fraction of sp³-hybridized carbons (Fsp3) is 0.364. The van der Waals surface area contributed by atoms with Crippen molar-refractivity contribution in [3.63, 3.8) is 0 Å². The van der Waals surface area contributed by atoms with E-state index < -0.39 is 11.2 Å². The lowest BCUT2D eigenvalue weighted by Gasteiger charge is -2.01. The number of H-pyrrole nitrogens is 1. The second kappa shape index (κ2) is 5.12. The fourth-order valence-electron chi connectivity index (χ4n) is 1.51. The Morgan fingerprint density at radius 3 is 2.74 bits per heavy atom. The topological polar surface area (TPSA) is 58.6 Å². The number of thiazole rings is 1. The highest BCUT2D eigenvalue weighted by Crippen LogP contribution is 2.35. The molecule has 2 heterocycles. The molecule has 2 aromatic rings. The van der Waals surface area contributed by atoms with Crippen LogP contribution in [0, 0.1) is 0 Å². The molecule has 19 heavy (non-hydrogen) atoms. The summed E-state index contributed by atoms with van der Waals surface area (Å²) in [5.74, 6) is 0.465. The molecule has 0 atom stereocenters. The van der Waals surface area contributed by atoms with Crippen molar-refractivity contribution in [2.75, 3.05) is 0 Å². The summed E-state index contributed by atoms with van der Waals surface area (Å²) in [5, 5.41) is -0.943. The summed E-state index contributed by atoms with van der Waals surface area (Å²) in [6, 6.07) is 1.17. The van der Waals surface area contributed by atoms with Crippen LogP contribution in [0.5, 0.6) is 0 Å². The summed E-state index contributed by atoms with van der Waals surface area (Å²) in [4.78, 5) is 21.7. The number of rotatable bonds is 3. The average Bonchev–Trinajstić information content (AvgIpc) is 2.77. The molecule has 8 heteroatoms. The van der Waals surface area contributed by atoms with Crippen molar-refractivity contribution >= 4 is 11.3 Å². The Hall–Kier alpha value is -1.70. The third-order valence-electron chi connectivity index (χ3n) is 2.28. The first-order chi connectivity index (χ1) is 8.90. The highest BCUT2D eigenvalue weighted by Gasteiger charge is 2.34. The number of hydrogen-bond acceptors (Lipinski definition) is 4. The fourth-order valence-corrected chi connectivity index (χ4v) is 2.26. The van der Waals surface area contributed by atoms with E-state index in [1.807, 2.05) is 6.92 Å². The summed E-state index contributed by atoms with van der Waals surface area (Å²) in [7, 11) is 0. The Labute approximate surface area is 110 Å². The van der Waals surface area contributed by atoms with E-state index in [9.17, 15) is 18.0 Å². The molecule has 0 aliphatic heterocycles. The van der Waals surface area contributed by atoms with Gasteiger partial charge in [0.25, 0.3) is 5.56 Å². The van der Waals surface area contributed by atoms with Crippen LogP contribution in [0.3, 0.4) is 0 Å². The number of aromatic amines is 1. The largest absolute Gasteiger partial charge is 0.443 e. The second-order valence-electron chi connectivity index (χ2n) is 3.85. The first-order valence-corrected chi connectivity index (χ1v) is 6.35. The minimum atomic E-state index is -4.48. The van der Waals surface area contributed by atoms with Gasteiger partial charge < -0.3 is 4.98 Å². The Balaban J connectivity index is 2.41. The molecule has 0 bridgehead atoms. The Kier molecular flexibility index (Phi) is 3.70. The van der Waals surface area contributed by atoms with Crippen LogP contribution in [0.1, 0.15) is 24.2 Å². The van der Waals surface area contributed by atoms with E-state index in [1.165, 1.54) is 6.07 Å². The quantitative estimate of drug-likeness (QED) is 0.945. The zero-order valence-electron chi connectivity index (χ0n) is 9.91. The lowest BCUT2D eigenvalue weighted by atomic mass is 10.3. The van der Waals surface area contributed by atoms with Crippen molar-refractivity contribution in [3.05, 3.63) is 33.4 Å². The van der Waals surface area contributed by atoms with Gasteiger partial charge in [0.05, 0.1) is 10.6 Å². The van der Waals surface area contributed by atoms with Gasteiger partial charge in [0.1, 0.15) is 5.82 Å².